The van der Waals surface area contributed by atoms with Crippen LogP contribution in [0, 0.1) is 0 Å². The molecule has 3 rings (SSSR count). The minimum atomic E-state index is -0.464. The summed E-state index contributed by atoms with van der Waals surface area (Å²) in [5.41, 5.74) is 2.65. The van der Waals surface area contributed by atoms with E-state index in [9.17, 15) is 9.59 Å². The summed E-state index contributed by atoms with van der Waals surface area (Å²) in [7, 11) is 0. The molecule has 0 spiro atoms. The summed E-state index contributed by atoms with van der Waals surface area (Å²) in [4.78, 5) is 33.3. The van der Waals surface area contributed by atoms with E-state index >= 15 is 0 Å². The highest BCUT2D eigenvalue weighted by atomic mass is 16.5. The second kappa shape index (κ2) is 6.08. The number of carbonyl (C=O) groups excluding carboxylic acids is 2. The summed E-state index contributed by atoms with van der Waals surface area (Å²) in [5, 5.41) is 0. The first-order valence-electron chi connectivity index (χ1n) is 7.43. The van der Waals surface area contributed by atoms with Crippen LogP contribution >= 0.6 is 0 Å². The van der Waals surface area contributed by atoms with Gasteiger partial charge in [-0.15, -0.1) is 0 Å². The van der Waals surface area contributed by atoms with Gasteiger partial charge >= 0.3 is 5.97 Å². The lowest BCUT2D eigenvalue weighted by molar-refractivity contribution is -0.137. The van der Waals surface area contributed by atoms with Gasteiger partial charge in [0.05, 0.1) is 36.6 Å². The molecular weight excluding hydrogens is 294 g/mol. The van der Waals surface area contributed by atoms with Crippen molar-refractivity contribution in [1.29, 1.82) is 0 Å². The van der Waals surface area contributed by atoms with Gasteiger partial charge in [0, 0.05) is 17.2 Å². The molecular formula is C17H17N3O3. The van der Waals surface area contributed by atoms with Crippen LogP contribution in [0.5, 0.6) is 0 Å². The molecule has 1 aromatic heterocycles. The standard InChI is InChI=1S/C17H17N3O3/c1-3-23-16(21)8-15-12-6-4-5-7-13(12)17(22)20(15)11(2)14-9-18-10-19-14/h4-11H,3H2,1-2H3,(H,18,19)/b15-8+. The van der Waals surface area contributed by atoms with Crippen molar-refractivity contribution in [1.82, 2.24) is 14.9 Å². The summed E-state index contributed by atoms with van der Waals surface area (Å²) in [6.07, 6.45) is 4.61. The van der Waals surface area contributed by atoms with Crippen molar-refractivity contribution < 1.29 is 14.3 Å². The zero-order valence-corrected chi connectivity index (χ0v) is 12.9. The molecule has 118 valence electrons. The normalized spacial score (nSPS) is 16.5. The number of carbonyl (C=O) groups is 2. The van der Waals surface area contributed by atoms with Gasteiger partial charge in [-0.3, -0.25) is 9.69 Å². The maximum Gasteiger partial charge on any atom is 0.332 e. The Bertz CT molecular complexity index is 765. The molecule has 1 aromatic carbocycles. The number of nitrogens with one attached hydrogen (secondary N) is 1. The number of fused-ring (bicyclic) bond motifs is 1. The Morgan fingerprint density at radius 1 is 1.39 bits per heavy atom. The van der Waals surface area contributed by atoms with Crippen LogP contribution in [-0.2, 0) is 9.53 Å². The molecule has 1 unspecified atom stereocenters. The number of aromatic nitrogens is 2. The van der Waals surface area contributed by atoms with E-state index in [0.29, 0.717) is 11.3 Å². The van der Waals surface area contributed by atoms with Gasteiger partial charge in [-0.05, 0) is 19.9 Å². The van der Waals surface area contributed by atoms with E-state index in [1.807, 2.05) is 25.1 Å². The molecule has 2 heterocycles. The molecule has 2 aromatic rings. The highest BCUT2D eigenvalue weighted by Crippen LogP contribution is 2.38. The Balaban J connectivity index is 2.06. The Hall–Kier alpha value is -2.89. The molecule has 1 amide bonds. The number of amides is 1. The number of nitrogens with zero attached hydrogens (tertiary/aromatic N) is 2. The summed E-state index contributed by atoms with van der Waals surface area (Å²) in [6.45, 7) is 3.92. The molecule has 6 heteroatoms. The van der Waals surface area contributed by atoms with E-state index in [1.54, 1.807) is 30.4 Å². The third-order valence-corrected chi connectivity index (χ3v) is 3.81. The van der Waals surface area contributed by atoms with E-state index in [4.69, 9.17) is 4.74 Å². The maximum atomic E-state index is 12.8. The maximum absolute atomic E-state index is 12.8. The molecule has 1 atom stereocenters. The Kier molecular flexibility index (Phi) is 3.97. The van der Waals surface area contributed by atoms with Crippen molar-refractivity contribution in [2.75, 3.05) is 6.61 Å². The lowest BCUT2D eigenvalue weighted by atomic mass is 10.1. The van der Waals surface area contributed by atoms with Crippen molar-refractivity contribution in [2.45, 2.75) is 19.9 Å². The first-order valence-corrected chi connectivity index (χ1v) is 7.43. The summed E-state index contributed by atoms with van der Waals surface area (Å²) < 4.78 is 5.00. The van der Waals surface area contributed by atoms with Crippen LogP contribution in [0.25, 0.3) is 5.70 Å². The second-order valence-electron chi connectivity index (χ2n) is 5.19. The van der Waals surface area contributed by atoms with E-state index in [1.165, 1.54) is 6.08 Å². The number of hydrogen-bond donors (Lipinski definition) is 1. The number of H-pyrrole nitrogens is 1. The number of imidazole rings is 1. The second-order valence-corrected chi connectivity index (χ2v) is 5.19. The van der Waals surface area contributed by atoms with Crippen LogP contribution in [0.2, 0.25) is 0 Å². The van der Waals surface area contributed by atoms with Gasteiger partial charge in [-0.1, -0.05) is 18.2 Å². The highest BCUT2D eigenvalue weighted by molar-refractivity contribution is 6.11. The summed E-state index contributed by atoms with van der Waals surface area (Å²) >= 11 is 0. The van der Waals surface area contributed by atoms with Crippen molar-refractivity contribution in [2.24, 2.45) is 0 Å². The van der Waals surface area contributed by atoms with Gasteiger partial charge in [-0.25, -0.2) is 9.78 Å². The van der Waals surface area contributed by atoms with Gasteiger partial charge in [0.15, 0.2) is 0 Å². The molecule has 6 nitrogen and oxygen atoms in total. The zero-order valence-electron chi connectivity index (χ0n) is 12.9. The molecule has 1 N–H and O–H groups in total. The van der Waals surface area contributed by atoms with Crippen molar-refractivity contribution in [3.63, 3.8) is 0 Å². The monoisotopic (exact) mass is 311 g/mol. The molecule has 0 radical (unpaired) electrons. The average Bonchev–Trinajstić information content (AvgIpc) is 3.16. The van der Waals surface area contributed by atoms with Gasteiger partial charge in [0.2, 0.25) is 0 Å². The van der Waals surface area contributed by atoms with Crippen molar-refractivity contribution in [3.05, 3.63) is 59.7 Å². The molecule has 1 aliphatic rings. The topological polar surface area (TPSA) is 75.3 Å². The van der Waals surface area contributed by atoms with Crippen molar-refractivity contribution in [3.8, 4) is 0 Å². The van der Waals surface area contributed by atoms with E-state index in [0.717, 1.165) is 11.3 Å². The van der Waals surface area contributed by atoms with E-state index < -0.39 is 5.97 Å². The Morgan fingerprint density at radius 2 is 2.13 bits per heavy atom. The molecule has 0 saturated carbocycles. The van der Waals surface area contributed by atoms with Gasteiger partial charge < -0.3 is 9.72 Å². The molecule has 0 bridgehead atoms. The van der Waals surface area contributed by atoms with Gasteiger partial charge in [-0.2, -0.15) is 0 Å². The predicted molar refractivity (Wildman–Crippen MR) is 84.2 cm³/mol. The number of rotatable bonds is 4. The van der Waals surface area contributed by atoms with E-state index in [2.05, 4.69) is 9.97 Å². The van der Waals surface area contributed by atoms with Crippen LogP contribution in [0.4, 0.5) is 0 Å². The largest absolute Gasteiger partial charge is 0.463 e. The first-order chi connectivity index (χ1) is 11.1. The molecule has 23 heavy (non-hydrogen) atoms. The molecule has 0 saturated heterocycles. The third-order valence-electron chi connectivity index (χ3n) is 3.81. The summed E-state index contributed by atoms with van der Waals surface area (Å²) in [6, 6.07) is 6.96. The van der Waals surface area contributed by atoms with E-state index in [-0.39, 0.29) is 18.6 Å². The van der Waals surface area contributed by atoms with Crippen LogP contribution in [-0.4, -0.2) is 33.4 Å². The highest BCUT2D eigenvalue weighted by Gasteiger charge is 2.36. The van der Waals surface area contributed by atoms with Crippen LogP contribution in [0.1, 0.15) is 41.5 Å². The number of hydrogen-bond acceptors (Lipinski definition) is 4. The average molecular weight is 311 g/mol. The quantitative estimate of drug-likeness (QED) is 0.695. The molecule has 0 fully saturated rings. The number of benzene rings is 1. The minimum absolute atomic E-state index is 0.141. The summed E-state index contributed by atoms with van der Waals surface area (Å²) in [5.74, 6) is -0.605. The van der Waals surface area contributed by atoms with Gasteiger partial charge in [0.25, 0.3) is 5.91 Å². The van der Waals surface area contributed by atoms with Crippen molar-refractivity contribution >= 4 is 17.6 Å². The fourth-order valence-electron chi connectivity index (χ4n) is 2.72. The number of ether oxygens (including phenoxy) is 1. The third kappa shape index (κ3) is 2.63. The Labute approximate surface area is 133 Å². The fraction of sp³-hybridized carbons (Fsp3) is 0.235. The van der Waals surface area contributed by atoms with Gasteiger partial charge in [0.1, 0.15) is 0 Å². The molecule has 0 aliphatic carbocycles. The molecule has 1 aliphatic heterocycles. The number of aromatic amines is 1. The van der Waals surface area contributed by atoms with Crippen LogP contribution < -0.4 is 0 Å². The first kappa shape index (κ1) is 15.0. The number of esters is 1. The zero-order chi connectivity index (χ0) is 16.4. The van der Waals surface area contributed by atoms with Crippen LogP contribution in [0.3, 0.4) is 0 Å². The fourth-order valence-corrected chi connectivity index (χ4v) is 2.72. The lowest BCUT2D eigenvalue weighted by Gasteiger charge is -2.25. The minimum Gasteiger partial charge on any atom is -0.463 e. The SMILES string of the molecule is CCOC(=O)/C=C1\c2ccccc2C(=O)N1C(C)c1cnc[nH]1. The Morgan fingerprint density at radius 3 is 2.78 bits per heavy atom. The lowest BCUT2D eigenvalue weighted by Crippen LogP contribution is -2.27. The predicted octanol–water partition coefficient (Wildman–Crippen LogP) is 2.53. The smallest absolute Gasteiger partial charge is 0.332 e. The van der Waals surface area contributed by atoms with Crippen LogP contribution in [0.15, 0.2) is 42.9 Å².